The second-order valence-corrected chi connectivity index (χ2v) is 5.72. The maximum atomic E-state index is 5.36. The molecule has 0 amide bonds. The molecule has 0 bridgehead atoms. The molecule has 1 saturated carbocycles. The third kappa shape index (κ3) is 4.06. The summed E-state index contributed by atoms with van der Waals surface area (Å²) in [5, 5.41) is 3.70. The largest absolute Gasteiger partial charge is 0.380 e. The van der Waals surface area contributed by atoms with Gasteiger partial charge in [0, 0.05) is 19.2 Å². The summed E-state index contributed by atoms with van der Waals surface area (Å²) in [7, 11) is 1.79. The molecular formula is C14H29NO. The van der Waals surface area contributed by atoms with E-state index in [2.05, 4.69) is 33.0 Å². The Hall–Kier alpha value is -0.0800. The number of ether oxygens (including phenoxy) is 1. The standard InChI is InChI=1S/C14H29NO/c1-10-7-6-8-14(9-10)12(3)15-11(2)13(4)16-5/h10-15H,6-9H2,1-5H3. The highest BCUT2D eigenvalue weighted by molar-refractivity contribution is 4.81. The van der Waals surface area contributed by atoms with Crippen molar-refractivity contribution in [2.45, 2.75) is 71.6 Å². The summed E-state index contributed by atoms with van der Waals surface area (Å²) in [5.74, 6) is 1.77. The second-order valence-electron chi connectivity index (χ2n) is 5.72. The first kappa shape index (κ1) is 14.0. The summed E-state index contributed by atoms with van der Waals surface area (Å²) >= 11 is 0. The van der Waals surface area contributed by atoms with E-state index < -0.39 is 0 Å². The van der Waals surface area contributed by atoms with E-state index >= 15 is 0 Å². The molecular weight excluding hydrogens is 198 g/mol. The predicted octanol–water partition coefficient (Wildman–Crippen LogP) is 3.21. The molecule has 1 aliphatic rings. The van der Waals surface area contributed by atoms with E-state index in [-0.39, 0.29) is 0 Å². The van der Waals surface area contributed by atoms with E-state index in [9.17, 15) is 0 Å². The molecule has 5 atom stereocenters. The Morgan fingerprint density at radius 3 is 2.44 bits per heavy atom. The molecule has 5 unspecified atom stereocenters. The van der Waals surface area contributed by atoms with Crippen LogP contribution in [0.25, 0.3) is 0 Å². The first-order valence-electron chi connectivity index (χ1n) is 6.83. The van der Waals surface area contributed by atoms with Crippen LogP contribution in [-0.2, 0) is 4.74 Å². The summed E-state index contributed by atoms with van der Waals surface area (Å²) in [4.78, 5) is 0. The average molecular weight is 227 g/mol. The average Bonchev–Trinajstić information content (AvgIpc) is 2.27. The lowest BCUT2D eigenvalue weighted by Crippen LogP contribution is -2.45. The van der Waals surface area contributed by atoms with Gasteiger partial charge in [-0.3, -0.25) is 0 Å². The molecule has 0 saturated heterocycles. The Balaban J connectivity index is 2.35. The Morgan fingerprint density at radius 1 is 1.19 bits per heavy atom. The van der Waals surface area contributed by atoms with Gasteiger partial charge in [-0.05, 0) is 45.4 Å². The molecule has 0 aromatic heterocycles. The molecule has 1 aliphatic carbocycles. The van der Waals surface area contributed by atoms with Gasteiger partial charge in [0.2, 0.25) is 0 Å². The molecule has 1 fully saturated rings. The van der Waals surface area contributed by atoms with Crippen molar-refractivity contribution in [2.75, 3.05) is 7.11 Å². The van der Waals surface area contributed by atoms with Gasteiger partial charge >= 0.3 is 0 Å². The van der Waals surface area contributed by atoms with E-state index in [4.69, 9.17) is 4.74 Å². The van der Waals surface area contributed by atoms with Gasteiger partial charge in [0.05, 0.1) is 6.10 Å². The Kier molecular flexibility index (Phi) is 5.77. The van der Waals surface area contributed by atoms with Gasteiger partial charge in [-0.25, -0.2) is 0 Å². The fourth-order valence-corrected chi connectivity index (χ4v) is 2.83. The molecule has 0 aromatic rings. The first-order chi connectivity index (χ1) is 7.54. The smallest absolute Gasteiger partial charge is 0.0693 e. The minimum absolute atomic E-state index is 0.295. The van der Waals surface area contributed by atoms with Crippen LogP contribution in [0.2, 0.25) is 0 Å². The molecule has 1 rings (SSSR count). The van der Waals surface area contributed by atoms with Gasteiger partial charge in [-0.1, -0.05) is 19.8 Å². The fourth-order valence-electron chi connectivity index (χ4n) is 2.83. The SMILES string of the molecule is COC(C)C(C)NC(C)C1CCCC(C)C1. The summed E-state index contributed by atoms with van der Waals surface area (Å²) in [6, 6.07) is 1.06. The van der Waals surface area contributed by atoms with Crippen molar-refractivity contribution in [3.05, 3.63) is 0 Å². The van der Waals surface area contributed by atoms with Crippen LogP contribution >= 0.6 is 0 Å². The van der Waals surface area contributed by atoms with Crippen LogP contribution in [0.3, 0.4) is 0 Å². The van der Waals surface area contributed by atoms with Crippen LogP contribution in [0.15, 0.2) is 0 Å². The van der Waals surface area contributed by atoms with Gasteiger partial charge in [0.25, 0.3) is 0 Å². The lowest BCUT2D eigenvalue weighted by molar-refractivity contribution is 0.0787. The third-order valence-corrected chi connectivity index (χ3v) is 4.29. The minimum Gasteiger partial charge on any atom is -0.380 e. The van der Waals surface area contributed by atoms with Crippen LogP contribution in [-0.4, -0.2) is 25.3 Å². The van der Waals surface area contributed by atoms with Crippen molar-refractivity contribution in [1.29, 1.82) is 0 Å². The van der Waals surface area contributed by atoms with Crippen molar-refractivity contribution in [3.8, 4) is 0 Å². The van der Waals surface area contributed by atoms with Gasteiger partial charge < -0.3 is 10.1 Å². The molecule has 0 heterocycles. The molecule has 96 valence electrons. The van der Waals surface area contributed by atoms with Crippen LogP contribution in [0.1, 0.15) is 53.4 Å². The number of rotatable bonds is 5. The normalized spacial score (nSPS) is 32.1. The van der Waals surface area contributed by atoms with Crippen LogP contribution in [0.4, 0.5) is 0 Å². The minimum atomic E-state index is 0.295. The van der Waals surface area contributed by atoms with Crippen molar-refractivity contribution in [2.24, 2.45) is 11.8 Å². The fraction of sp³-hybridized carbons (Fsp3) is 1.00. The molecule has 16 heavy (non-hydrogen) atoms. The van der Waals surface area contributed by atoms with Crippen LogP contribution in [0, 0.1) is 11.8 Å². The van der Waals surface area contributed by atoms with Crippen molar-refractivity contribution >= 4 is 0 Å². The van der Waals surface area contributed by atoms with Gasteiger partial charge in [0.15, 0.2) is 0 Å². The second kappa shape index (κ2) is 6.61. The Bertz CT molecular complexity index is 195. The molecule has 0 spiro atoms. The van der Waals surface area contributed by atoms with Crippen LogP contribution in [0.5, 0.6) is 0 Å². The highest BCUT2D eigenvalue weighted by atomic mass is 16.5. The molecule has 1 N–H and O–H groups in total. The van der Waals surface area contributed by atoms with E-state index in [0.29, 0.717) is 18.2 Å². The maximum absolute atomic E-state index is 5.36. The molecule has 0 aromatic carbocycles. The van der Waals surface area contributed by atoms with E-state index in [1.54, 1.807) is 7.11 Å². The lowest BCUT2D eigenvalue weighted by Gasteiger charge is -2.34. The zero-order chi connectivity index (χ0) is 12.1. The number of methoxy groups -OCH3 is 1. The van der Waals surface area contributed by atoms with Gasteiger partial charge in [0.1, 0.15) is 0 Å². The van der Waals surface area contributed by atoms with Crippen molar-refractivity contribution in [1.82, 2.24) is 5.32 Å². The predicted molar refractivity (Wildman–Crippen MR) is 69.7 cm³/mol. The summed E-state index contributed by atoms with van der Waals surface area (Å²) in [6.07, 6.45) is 5.91. The summed E-state index contributed by atoms with van der Waals surface area (Å²) < 4.78 is 5.36. The molecule has 2 heteroatoms. The van der Waals surface area contributed by atoms with E-state index in [1.165, 1.54) is 25.7 Å². The van der Waals surface area contributed by atoms with Crippen molar-refractivity contribution in [3.63, 3.8) is 0 Å². The Morgan fingerprint density at radius 2 is 1.88 bits per heavy atom. The summed E-state index contributed by atoms with van der Waals surface area (Å²) in [6.45, 7) is 9.08. The van der Waals surface area contributed by atoms with Gasteiger partial charge in [-0.15, -0.1) is 0 Å². The molecule has 0 aliphatic heterocycles. The topological polar surface area (TPSA) is 21.3 Å². The zero-order valence-corrected chi connectivity index (χ0v) is 11.6. The monoisotopic (exact) mass is 227 g/mol. The third-order valence-electron chi connectivity index (χ3n) is 4.29. The summed E-state index contributed by atoms with van der Waals surface area (Å²) in [5.41, 5.74) is 0. The number of hydrogen-bond donors (Lipinski definition) is 1. The zero-order valence-electron chi connectivity index (χ0n) is 11.6. The number of hydrogen-bond acceptors (Lipinski definition) is 2. The van der Waals surface area contributed by atoms with E-state index in [1.807, 2.05) is 0 Å². The van der Waals surface area contributed by atoms with Gasteiger partial charge in [-0.2, -0.15) is 0 Å². The maximum Gasteiger partial charge on any atom is 0.0693 e. The van der Waals surface area contributed by atoms with Crippen molar-refractivity contribution < 1.29 is 4.74 Å². The molecule has 0 radical (unpaired) electrons. The highest BCUT2D eigenvalue weighted by Gasteiger charge is 2.25. The lowest BCUT2D eigenvalue weighted by atomic mass is 9.79. The highest BCUT2D eigenvalue weighted by Crippen LogP contribution is 2.30. The van der Waals surface area contributed by atoms with Crippen LogP contribution < -0.4 is 5.32 Å². The van der Waals surface area contributed by atoms with E-state index in [0.717, 1.165) is 11.8 Å². The number of nitrogens with one attached hydrogen (secondary N) is 1. The first-order valence-corrected chi connectivity index (χ1v) is 6.83. The Labute approximate surface area is 101 Å². The molecule has 2 nitrogen and oxygen atoms in total. The quantitative estimate of drug-likeness (QED) is 0.778.